The van der Waals surface area contributed by atoms with Crippen LogP contribution in [0.15, 0.2) is 0 Å². The van der Waals surface area contributed by atoms with Gasteiger partial charge in [-0.15, -0.1) is 0 Å². The average Bonchev–Trinajstić information content (AvgIpc) is 2.69. The Morgan fingerprint density at radius 3 is 2.03 bits per heavy atom. The molecule has 0 saturated heterocycles. The summed E-state index contributed by atoms with van der Waals surface area (Å²) >= 11 is 0. The number of rotatable bonds is 11. The second kappa shape index (κ2) is 13.1. The fraction of sp³-hybridized carbons (Fsp3) is 0.789. The van der Waals surface area contributed by atoms with Crippen molar-refractivity contribution < 1.29 is 19.2 Å². The predicted octanol–water partition coefficient (Wildman–Crippen LogP) is -1.64. The van der Waals surface area contributed by atoms with Crippen LogP contribution in [-0.2, 0) is 19.2 Å². The number of carbonyl (C=O) groups is 4. The summed E-state index contributed by atoms with van der Waals surface area (Å²) in [5.41, 5.74) is 5.17. The smallest absolute Gasteiger partial charge is 0.243 e. The Morgan fingerprint density at radius 2 is 1.48 bits per heavy atom. The summed E-state index contributed by atoms with van der Waals surface area (Å²) in [4.78, 5) is 47.7. The van der Waals surface area contributed by atoms with Crippen LogP contribution in [0.2, 0.25) is 0 Å². The molecule has 29 heavy (non-hydrogen) atoms. The normalized spacial score (nSPS) is 19.9. The van der Waals surface area contributed by atoms with E-state index in [0.29, 0.717) is 12.5 Å². The highest BCUT2D eigenvalue weighted by atomic mass is 16.2. The molecule has 0 bridgehead atoms. The van der Waals surface area contributed by atoms with Crippen LogP contribution in [0, 0.1) is 5.92 Å². The molecule has 166 valence electrons. The maximum absolute atomic E-state index is 12.5. The molecule has 1 atom stereocenters. The van der Waals surface area contributed by atoms with Crippen molar-refractivity contribution in [3.05, 3.63) is 0 Å². The first-order valence-electron chi connectivity index (χ1n) is 10.3. The molecule has 1 aliphatic rings. The number of hydrogen-bond acceptors (Lipinski definition) is 6. The van der Waals surface area contributed by atoms with Crippen LogP contribution >= 0.6 is 0 Å². The molecule has 0 aliphatic heterocycles. The van der Waals surface area contributed by atoms with Gasteiger partial charge >= 0.3 is 0 Å². The molecule has 0 radical (unpaired) electrons. The monoisotopic (exact) mass is 412 g/mol. The molecule has 0 aromatic heterocycles. The van der Waals surface area contributed by atoms with Crippen molar-refractivity contribution in [2.24, 2.45) is 11.7 Å². The molecule has 1 aliphatic carbocycles. The van der Waals surface area contributed by atoms with Crippen molar-refractivity contribution in [1.82, 2.24) is 26.6 Å². The molecular weight excluding hydrogens is 376 g/mol. The Kier molecular flexibility index (Phi) is 11.2. The summed E-state index contributed by atoms with van der Waals surface area (Å²) in [5, 5.41) is 13.7. The van der Waals surface area contributed by atoms with Crippen molar-refractivity contribution >= 4 is 23.6 Å². The van der Waals surface area contributed by atoms with Gasteiger partial charge in [0.2, 0.25) is 23.6 Å². The van der Waals surface area contributed by atoms with Gasteiger partial charge in [0.05, 0.1) is 19.6 Å². The van der Waals surface area contributed by atoms with Crippen LogP contribution in [0.25, 0.3) is 0 Å². The van der Waals surface area contributed by atoms with Crippen molar-refractivity contribution in [2.75, 3.05) is 26.7 Å². The Morgan fingerprint density at radius 1 is 0.897 bits per heavy atom. The van der Waals surface area contributed by atoms with E-state index in [1.165, 1.54) is 0 Å². The van der Waals surface area contributed by atoms with Gasteiger partial charge in [0.15, 0.2) is 0 Å². The van der Waals surface area contributed by atoms with Crippen LogP contribution < -0.4 is 32.3 Å². The molecule has 1 fully saturated rings. The van der Waals surface area contributed by atoms with Gasteiger partial charge < -0.3 is 32.3 Å². The summed E-state index contributed by atoms with van der Waals surface area (Å²) < 4.78 is 0. The van der Waals surface area contributed by atoms with Gasteiger partial charge in [-0.1, -0.05) is 13.8 Å². The van der Waals surface area contributed by atoms with Crippen molar-refractivity contribution in [2.45, 2.75) is 64.1 Å². The summed E-state index contributed by atoms with van der Waals surface area (Å²) in [7, 11) is 1.94. The summed E-state index contributed by atoms with van der Waals surface area (Å²) in [5.74, 6) is -1.45. The lowest BCUT2D eigenvalue weighted by Crippen LogP contribution is -2.52. The van der Waals surface area contributed by atoms with Crippen LogP contribution in [-0.4, -0.2) is 68.4 Å². The summed E-state index contributed by atoms with van der Waals surface area (Å²) in [6.45, 7) is 3.25. The Balaban J connectivity index is 2.43. The first-order valence-corrected chi connectivity index (χ1v) is 10.3. The predicted molar refractivity (Wildman–Crippen MR) is 110 cm³/mol. The van der Waals surface area contributed by atoms with E-state index >= 15 is 0 Å². The van der Waals surface area contributed by atoms with E-state index in [1.807, 2.05) is 20.9 Å². The van der Waals surface area contributed by atoms with E-state index in [4.69, 9.17) is 5.73 Å². The maximum atomic E-state index is 12.5. The lowest BCUT2D eigenvalue weighted by atomic mass is 9.91. The largest absolute Gasteiger partial charge is 0.352 e. The van der Waals surface area contributed by atoms with E-state index in [0.717, 1.165) is 25.7 Å². The molecule has 0 aromatic carbocycles. The minimum atomic E-state index is -0.781. The topological polar surface area (TPSA) is 154 Å². The first kappa shape index (κ1) is 24.8. The highest BCUT2D eigenvalue weighted by Crippen LogP contribution is 2.18. The molecule has 1 saturated carbocycles. The number of nitrogens with two attached hydrogens (primary N) is 1. The molecular formula is C19H36N6O4. The standard InChI is InChI=1S/C19H36N6O4/c1-12(2)8-15(25-18(28)10-22-16(26)9-20)19(29)23-11-17(27)24-14-6-4-13(21-3)5-7-14/h12-15,21H,4-11,20H2,1-3H3,(H,22,26)(H,23,29)(H,24,27)(H,25,28)/t13?,14?,15-/m0/s1. The highest BCUT2D eigenvalue weighted by Gasteiger charge is 2.24. The Bertz CT molecular complexity index is 561. The SMILES string of the molecule is CNC1CCC(NC(=O)CNC(=O)[C@H](CC(C)C)NC(=O)CNC(=O)CN)CC1. The number of nitrogens with one attached hydrogen (secondary N) is 5. The van der Waals surface area contributed by atoms with Gasteiger partial charge in [0.25, 0.3) is 0 Å². The zero-order chi connectivity index (χ0) is 21.8. The van der Waals surface area contributed by atoms with Gasteiger partial charge in [-0.3, -0.25) is 19.2 Å². The fourth-order valence-electron chi connectivity index (χ4n) is 3.30. The van der Waals surface area contributed by atoms with Gasteiger partial charge in [0, 0.05) is 12.1 Å². The van der Waals surface area contributed by atoms with Gasteiger partial charge in [-0.2, -0.15) is 0 Å². The third-order valence-corrected chi connectivity index (χ3v) is 4.91. The van der Waals surface area contributed by atoms with E-state index < -0.39 is 23.8 Å². The van der Waals surface area contributed by atoms with E-state index in [-0.39, 0.29) is 37.5 Å². The third kappa shape index (κ3) is 10.2. The Hall–Kier alpha value is -2.20. The molecule has 0 heterocycles. The zero-order valence-corrected chi connectivity index (χ0v) is 17.7. The number of amides is 4. The van der Waals surface area contributed by atoms with E-state index in [1.54, 1.807) is 0 Å². The van der Waals surface area contributed by atoms with Crippen LogP contribution in [0.5, 0.6) is 0 Å². The molecule has 0 spiro atoms. The van der Waals surface area contributed by atoms with Crippen LogP contribution in [0.1, 0.15) is 46.0 Å². The molecule has 4 amide bonds. The molecule has 7 N–H and O–H groups in total. The first-order chi connectivity index (χ1) is 13.7. The second-order valence-corrected chi connectivity index (χ2v) is 7.85. The van der Waals surface area contributed by atoms with Gasteiger partial charge in [0.1, 0.15) is 6.04 Å². The van der Waals surface area contributed by atoms with Crippen molar-refractivity contribution in [3.8, 4) is 0 Å². The number of hydrogen-bond donors (Lipinski definition) is 6. The minimum absolute atomic E-state index is 0.126. The van der Waals surface area contributed by atoms with E-state index in [2.05, 4.69) is 26.6 Å². The lowest BCUT2D eigenvalue weighted by Gasteiger charge is -2.29. The molecule has 10 nitrogen and oxygen atoms in total. The molecule has 10 heteroatoms. The molecule has 1 rings (SSSR count). The minimum Gasteiger partial charge on any atom is -0.352 e. The van der Waals surface area contributed by atoms with Gasteiger partial charge in [-0.05, 0) is 45.1 Å². The molecule has 0 unspecified atom stereocenters. The van der Waals surface area contributed by atoms with Gasteiger partial charge in [-0.25, -0.2) is 0 Å². The maximum Gasteiger partial charge on any atom is 0.243 e. The Labute approximate surface area is 172 Å². The second-order valence-electron chi connectivity index (χ2n) is 7.85. The summed E-state index contributed by atoms with van der Waals surface area (Å²) in [6, 6.07) is -0.157. The highest BCUT2D eigenvalue weighted by molar-refractivity contribution is 5.92. The third-order valence-electron chi connectivity index (χ3n) is 4.91. The van der Waals surface area contributed by atoms with Crippen LogP contribution in [0.4, 0.5) is 0 Å². The summed E-state index contributed by atoms with van der Waals surface area (Å²) in [6.07, 6.45) is 4.25. The van der Waals surface area contributed by atoms with E-state index in [9.17, 15) is 19.2 Å². The number of carbonyl (C=O) groups excluding carboxylic acids is 4. The van der Waals surface area contributed by atoms with Crippen molar-refractivity contribution in [1.29, 1.82) is 0 Å². The van der Waals surface area contributed by atoms with Crippen LogP contribution in [0.3, 0.4) is 0 Å². The lowest BCUT2D eigenvalue weighted by molar-refractivity contribution is -0.131. The quantitative estimate of drug-likeness (QED) is 0.239. The molecule has 0 aromatic rings. The average molecular weight is 413 g/mol. The zero-order valence-electron chi connectivity index (χ0n) is 17.7. The fourth-order valence-corrected chi connectivity index (χ4v) is 3.30. The van der Waals surface area contributed by atoms with Crippen molar-refractivity contribution in [3.63, 3.8) is 0 Å².